The van der Waals surface area contributed by atoms with Gasteiger partial charge < -0.3 is 14.6 Å². The van der Waals surface area contributed by atoms with Crippen molar-refractivity contribution >= 4 is 81.4 Å². The van der Waals surface area contributed by atoms with E-state index in [1.54, 1.807) is 0 Å². The molecule has 0 amide bonds. The summed E-state index contributed by atoms with van der Waals surface area (Å²) < 4.78 is 7.83. The fourth-order valence-electron chi connectivity index (χ4n) is 7.25. The van der Waals surface area contributed by atoms with Crippen LogP contribution in [0.5, 0.6) is 0 Å². The van der Waals surface area contributed by atoms with Crippen LogP contribution in [-0.2, 0) is 0 Å². The van der Waals surface area contributed by atoms with Gasteiger partial charge in [-0.2, -0.15) is 0 Å². The third-order valence-corrected chi connectivity index (χ3v) is 10.9. The van der Waals surface area contributed by atoms with Crippen LogP contribution >= 0.6 is 11.3 Å². The summed E-state index contributed by atoms with van der Waals surface area (Å²) in [6.07, 6.45) is -0.115. The van der Waals surface area contributed by atoms with Crippen molar-refractivity contribution in [2.24, 2.45) is 0 Å². The van der Waals surface area contributed by atoms with Gasteiger partial charge in [-0.3, -0.25) is 0 Å². The molecule has 0 fully saturated rings. The molecule has 0 radical (unpaired) electrons. The van der Waals surface area contributed by atoms with Gasteiger partial charge in [0.15, 0.2) is 0 Å². The zero-order chi connectivity index (χ0) is 31.3. The highest BCUT2D eigenvalue weighted by Crippen LogP contribution is 2.52. The van der Waals surface area contributed by atoms with Gasteiger partial charge in [-0.15, -0.1) is 11.3 Å². The van der Waals surface area contributed by atoms with Crippen molar-refractivity contribution in [1.29, 1.82) is 0 Å². The predicted octanol–water partition coefficient (Wildman–Crippen LogP) is 12.3. The number of benzene rings is 5. The van der Waals surface area contributed by atoms with E-state index in [-0.39, 0.29) is 6.17 Å². The summed E-state index contributed by atoms with van der Waals surface area (Å²) >= 11 is 1.81. The summed E-state index contributed by atoms with van der Waals surface area (Å²) in [4.78, 5) is 8.68. The zero-order valence-electron chi connectivity index (χ0n) is 26.7. The normalized spacial score (nSPS) is 14.9. The topological polar surface area (TPSA) is 41.3 Å². The highest BCUT2D eigenvalue weighted by molar-refractivity contribution is 7.25. The Balaban J connectivity index is 1.27. The van der Waals surface area contributed by atoms with Gasteiger partial charge in [-0.05, 0) is 71.7 Å². The van der Waals surface area contributed by atoms with E-state index in [9.17, 15) is 0 Å². The molecule has 0 saturated heterocycles. The van der Waals surface area contributed by atoms with E-state index < -0.39 is 0 Å². The first-order valence-corrected chi connectivity index (χ1v) is 17.0. The number of aryl methyl sites for hydroxylation is 1. The molecule has 4 heterocycles. The average molecular weight is 618 g/mol. The predicted molar refractivity (Wildman–Crippen MR) is 196 cm³/mol. The van der Waals surface area contributed by atoms with Crippen LogP contribution in [0.1, 0.15) is 68.1 Å². The molecule has 9 rings (SSSR count). The monoisotopic (exact) mass is 617 g/mol. The molecule has 1 aliphatic rings. The summed E-state index contributed by atoms with van der Waals surface area (Å²) in [5.41, 5.74) is 10.2. The maximum atomic E-state index is 6.55. The molecule has 4 nitrogen and oxygen atoms in total. The van der Waals surface area contributed by atoms with Gasteiger partial charge in [0.05, 0.1) is 11.4 Å². The van der Waals surface area contributed by atoms with Gasteiger partial charge in [-0.25, -0.2) is 4.98 Å². The van der Waals surface area contributed by atoms with E-state index in [4.69, 9.17) is 9.40 Å². The molecule has 8 aromatic rings. The van der Waals surface area contributed by atoms with Crippen molar-refractivity contribution < 1.29 is 4.42 Å². The first-order chi connectivity index (χ1) is 22.4. The van der Waals surface area contributed by atoms with Gasteiger partial charge >= 0.3 is 0 Å². The van der Waals surface area contributed by atoms with Gasteiger partial charge in [0.1, 0.15) is 22.2 Å². The number of hydrogen-bond donors (Lipinski definition) is 1. The third kappa shape index (κ3) is 4.01. The van der Waals surface area contributed by atoms with Gasteiger partial charge in [0, 0.05) is 54.6 Å². The molecule has 0 spiro atoms. The molecular formula is C41H35N3OS. The van der Waals surface area contributed by atoms with Crippen molar-refractivity contribution in [3.63, 3.8) is 0 Å². The number of anilines is 3. The minimum Gasteiger partial charge on any atom is -0.456 e. The Morgan fingerprint density at radius 1 is 0.761 bits per heavy atom. The second-order valence-corrected chi connectivity index (χ2v) is 14.3. The number of aromatic nitrogens is 1. The van der Waals surface area contributed by atoms with Crippen molar-refractivity contribution in [2.75, 3.05) is 10.2 Å². The molecule has 1 atom stereocenters. The zero-order valence-corrected chi connectivity index (χ0v) is 27.5. The van der Waals surface area contributed by atoms with E-state index in [1.807, 2.05) is 11.3 Å². The van der Waals surface area contributed by atoms with Crippen LogP contribution in [0, 0.1) is 6.92 Å². The second-order valence-electron chi connectivity index (χ2n) is 13.3. The standard InChI is InChI=1S/C41H35N3OS/c1-22(2)26-11-15-29-30-16-13-27(21-36(30)45-35(29)20-26)44-34-19-12-25-8-6-7-9-28(25)38(34)43-40(44)32-14-10-24(5)37-31-17-18-33(23(3)4)42-41(31)46-39(32)37/h6-23,40,43H,1-5H3. The van der Waals surface area contributed by atoms with Crippen LogP contribution in [0.4, 0.5) is 17.1 Å². The molecule has 5 heteroatoms. The lowest BCUT2D eigenvalue weighted by Gasteiger charge is -2.28. The van der Waals surface area contributed by atoms with E-state index in [1.165, 1.54) is 42.9 Å². The summed E-state index contributed by atoms with van der Waals surface area (Å²) in [6, 6.07) is 35.5. The smallest absolute Gasteiger partial charge is 0.137 e. The number of rotatable bonds is 4. The Labute approximate surface area is 272 Å². The molecular weight excluding hydrogens is 583 g/mol. The summed E-state index contributed by atoms with van der Waals surface area (Å²) in [5.74, 6) is 0.832. The minimum atomic E-state index is -0.115. The lowest BCUT2D eigenvalue weighted by molar-refractivity contribution is 0.667. The lowest BCUT2D eigenvalue weighted by Crippen LogP contribution is -2.23. The molecule has 46 heavy (non-hydrogen) atoms. The van der Waals surface area contributed by atoms with Gasteiger partial charge in [0.25, 0.3) is 0 Å². The van der Waals surface area contributed by atoms with E-state index in [0.717, 1.165) is 49.5 Å². The molecule has 226 valence electrons. The van der Waals surface area contributed by atoms with E-state index >= 15 is 0 Å². The molecule has 1 N–H and O–H groups in total. The Hall–Kier alpha value is -4.87. The first-order valence-electron chi connectivity index (χ1n) is 16.2. The molecule has 5 aromatic carbocycles. The van der Waals surface area contributed by atoms with Crippen LogP contribution in [0.15, 0.2) is 101 Å². The van der Waals surface area contributed by atoms with Crippen LogP contribution in [0.25, 0.3) is 53.0 Å². The summed E-state index contributed by atoms with van der Waals surface area (Å²) in [5, 5.41) is 11.3. The molecule has 3 aromatic heterocycles. The fraction of sp³-hybridized carbons (Fsp3) is 0.195. The maximum absolute atomic E-state index is 6.55. The number of furan rings is 1. The van der Waals surface area contributed by atoms with Crippen molar-refractivity contribution in [3.05, 3.63) is 119 Å². The van der Waals surface area contributed by atoms with Crippen LogP contribution in [-0.4, -0.2) is 4.98 Å². The summed E-state index contributed by atoms with van der Waals surface area (Å²) in [6.45, 7) is 11.1. The number of thiophene rings is 1. The average Bonchev–Trinajstić information content (AvgIpc) is 3.75. The Morgan fingerprint density at radius 3 is 2.37 bits per heavy atom. The van der Waals surface area contributed by atoms with Gasteiger partial charge in [-0.1, -0.05) is 82.3 Å². The quantitative estimate of drug-likeness (QED) is 0.213. The van der Waals surface area contributed by atoms with Crippen LogP contribution in [0.2, 0.25) is 0 Å². The Kier molecular flexibility index (Phi) is 6.00. The van der Waals surface area contributed by atoms with Crippen molar-refractivity contribution in [3.8, 4) is 0 Å². The third-order valence-electron chi connectivity index (χ3n) is 9.76. The van der Waals surface area contributed by atoms with Crippen LogP contribution in [0.3, 0.4) is 0 Å². The highest BCUT2D eigenvalue weighted by atomic mass is 32.1. The number of pyridine rings is 1. The number of nitrogens with one attached hydrogen (secondary N) is 1. The van der Waals surface area contributed by atoms with Crippen LogP contribution < -0.4 is 10.2 Å². The number of hydrogen-bond acceptors (Lipinski definition) is 5. The molecule has 0 bridgehead atoms. The van der Waals surface area contributed by atoms with Gasteiger partial charge in [0.2, 0.25) is 0 Å². The number of nitrogens with zero attached hydrogens (tertiary/aromatic N) is 2. The second kappa shape index (κ2) is 10.1. The number of fused-ring (bicyclic) bond motifs is 9. The van der Waals surface area contributed by atoms with Crippen molar-refractivity contribution in [2.45, 2.75) is 52.6 Å². The highest BCUT2D eigenvalue weighted by Gasteiger charge is 2.34. The fourth-order valence-corrected chi connectivity index (χ4v) is 8.54. The molecule has 1 aliphatic heterocycles. The lowest BCUT2D eigenvalue weighted by atomic mass is 10.0. The minimum absolute atomic E-state index is 0.115. The molecule has 1 unspecified atom stereocenters. The maximum Gasteiger partial charge on any atom is 0.137 e. The Morgan fingerprint density at radius 2 is 1.54 bits per heavy atom. The first kappa shape index (κ1) is 27.4. The van der Waals surface area contributed by atoms with E-state index in [0.29, 0.717) is 11.8 Å². The van der Waals surface area contributed by atoms with E-state index in [2.05, 4.69) is 142 Å². The SMILES string of the molecule is Cc1ccc(C2Nc3c(ccc4ccccc34)N2c2ccc3c(c2)oc2cc(C(C)C)ccc23)c2sc3nc(C(C)C)ccc3c12. The molecule has 0 aliphatic carbocycles. The largest absolute Gasteiger partial charge is 0.456 e. The van der Waals surface area contributed by atoms with Crippen molar-refractivity contribution in [1.82, 2.24) is 4.98 Å². The summed E-state index contributed by atoms with van der Waals surface area (Å²) in [7, 11) is 0. The molecule has 0 saturated carbocycles. The Bertz CT molecular complexity index is 2500.